The van der Waals surface area contributed by atoms with Crippen molar-refractivity contribution in [2.24, 2.45) is 0 Å². The smallest absolute Gasteiger partial charge is 0.262 e. The predicted molar refractivity (Wildman–Crippen MR) is 117 cm³/mol. The number of aromatic nitrogens is 3. The maximum atomic E-state index is 12.3. The molecule has 0 fully saturated rings. The van der Waals surface area contributed by atoms with E-state index in [1.807, 2.05) is 31.2 Å². The molecule has 31 heavy (non-hydrogen) atoms. The summed E-state index contributed by atoms with van der Waals surface area (Å²) in [6.07, 6.45) is 1.61. The van der Waals surface area contributed by atoms with E-state index in [2.05, 4.69) is 36.6 Å². The van der Waals surface area contributed by atoms with Crippen LogP contribution in [0.2, 0.25) is 0 Å². The lowest BCUT2D eigenvalue weighted by Crippen LogP contribution is -2.29. The van der Waals surface area contributed by atoms with Gasteiger partial charge in [0.1, 0.15) is 6.33 Å². The van der Waals surface area contributed by atoms with E-state index in [0.717, 1.165) is 5.56 Å². The van der Waals surface area contributed by atoms with Crippen LogP contribution in [0.3, 0.4) is 0 Å². The molecule has 0 aliphatic carbocycles. The van der Waals surface area contributed by atoms with Gasteiger partial charge in [0.15, 0.2) is 18.1 Å². The number of nitrogens with one attached hydrogen (secondary N) is 2. The zero-order chi connectivity index (χ0) is 21.8. The van der Waals surface area contributed by atoms with E-state index >= 15 is 0 Å². The van der Waals surface area contributed by atoms with Gasteiger partial charge in [0.05, 0.1) is 23.5 Å². The molecule has 0 bridgehead atoms. The second-order valence-electron chi connectivity index (χ2n) is 6.76. The number of benzene rings is 2. The van der Waals surface area contributed by atoms with E-state index in [-0.39, 0.29) is 30.9 Å². The van der Waals surface area contributed by atoms with E-state index in [9.17, 15) is 9.59 Å². The summed E-state index contributed by atoms with van der Waals surface area (Å²) in [6, 6.07) is 12.4. The lowest BCUT2D eigenvalue weighted by Gasteiger charge is -2.25. The van der Waals surface area contributed by atoms with E-state index in [1.165, 1.54) is 6.33 Å². The molecule has 0 radical (unpaired) electrons. The Kier molecular flexibility index (Phi) is 6.17. The number of hydrogen-bond acceptors (Lipinski definition) is 6. The molecule has 9 nitrogen and oxygen atoms in total. The van der Waals surface area contributed by atoms with Crippen LogP contribution in [-0.4, -0.2) is 39.8 Å². The minimum atomic E-state index is -0.336. The highest BCUT2D eigenvalue weighted by Crippen LogP contribution is 2.40. The molecule has 2 aromatic carbocycles. The number of fused-ring (bicyclic) bond motifs is 1. The van der Waals surface area contributed by atoms with Crippen molar-refractivity contribution in [1.82, 2.24) is 14.8 Å². The summed E-state index contributed by atoms with van der Waals surface area (Å²) in [6.45, 7) is 2.07. The second kappa shape index (κ2) is 9.17. The maximum absolute atomic E-state index is 12.3. The Bertz CT molecular complexity index is 1100. The first-order chi connectivity index (χ1) is 15.0. The molecule has 10 heteroatoms. The number of rotatable bonds is 7. The zero-order valence-electron chi connectivity index (χ0n) is 16.7. The van der Waals surface area contributed by atoms with Crippen LogP contribution in [0.25, 0.3) is 0 Å². The number of hydrogen-bond donors (Lipinski definition) is 2. The van der Waals surface area contributed by atoms with E-state index in [4.69, 9.17) is 9.47 Å². The van der Waals surface area contributed by atoms with Gasteiger partial charge in [-0.2, -0.15) is 10.1 Å². The topological polar surface area (TPSA) is 107 Å². The second-order valence-corrected chi connectivity index (χ2v) is 7.62. The molecule has 1 aliphatic rings. The summed E-state index contributed by atoms with van der Waals surface area (Å²) in [5, 5.41) is 9.70. The molecule has 2 amide bonds. The lowest BCUT2D eigenvalue weighted by molar-refractivity contribution is -0.118. The number of carbonyl (C=O) groups excluding carboxylic acids is 2. The van der Waals surface area contributed by atoms with Gasteiger partial charge in [0.2, 0.25) is 11.9 Å². The maximum Gasteiger partial charge on any atom is 0.262 e. The third kappa shape index (κ3) is 4.69. The fraction of sp³-hybridized carbons (Fsp3) is 0.238. The minimum Gasteiger partial charge on any atom is -0.490 e. The molecule has 1 aromatic heterocycles. The van der Waals surface area contributed by atoms with Gasteiger partial charge >= 0.3 is 0 Å². The van der Waals surface area contributed by atoms with Crippen molar-refractivity contribution in [3.8, 4) is 11.5 Å². The van der Waals surface area contributed by atoms with Crippen LogP contribution >= 0.6 is 15.9 Å². The van der Waals surface area contributed by atoms with Gasteiger partial charge in [-0.1, -0.05) is 18.2 Å². The number of halogens is 1. The lowest BCUT2D eigenvalue weighted by atomic mass is 10.0. The highest BCUT2D eigenvalue weighted by molar-refractivity contribution is 9.10. The van der Waals surface area contributed by atoms with Crippen molar-refractivity contribution in [2.75, 3.05) is 23.8 Å². The molecule has 160 valence electrons. The Morgan fingerprint density at radius 3 is 2.87 bits per heavy atom. The van der Waals surface area contributed by atoms with Gasteiger partial charge < -0.3 is 14.8 Å². The van der Waals surface area contributed by atoms with Crippen molar-refractivity contribution in [1.29, 1.82) is 0 Å². The number of ether oxygens (including phenoxy) is 2. The van der Waals surface area contributed by atoms with Crippen molar-refractivity contribution >= 4 is 39.4 Å². The minimum absolute atomic E-state index is 0.141. The average Bonchev–Trinajstić information content (AvgIpc) is 3.21. The first-order valence-corrected chi connectivity index (χ1v) is 10.5. The monoisotopic (exact) mass is 485 g/mol. The summed E-state index contributed by atoms with van der Waals surface area (Å²) in [4.78, 5) is 28.4. The van der Waals surface area contributed by atoms with Crippen molar-refractivity contribution in [2.45, 2.75) is 19.4 Å². The van der Waals surface area contributed by atoms with Crippen LogP contribution in [0.1, 0.15) is 24.9 Å². The first-order valence-electron chi connectivity index (χ1n) is 9.68. The number of nitrogens with zero attached hydrogens (tertiary/aromatic N) is 3. The van der Waals surface area contributed by atoms with E-state index < -0.39 is 0 Å². The standard InChI is InChI=1S/C21H20BrN5O4/c1-2-30-17-9-13(16-10-18(28)26-21-23-12-24-27(16)21)8-15(22)20(17)31-11-19(29)25-14-6-4-3-5-7-14/h3-9,12,16H,2,10-11H2,1H3,(H,25,29)(H,23,24,26,28)/t16-/m1/s1. The van der Waals surface area contributed by atoms with Crippen LogP contribution in [0, 0.1) is 0 Å². The van der Waals surface area contributed by atoms with Crippen LogP contribution < -0.4 is 20.1 Å². The molecule has 3 aromatic rings. The van der Waals surface area contributed by atoms with Crippen LogP contribution in [0.5, 0.6) is 11.5 Å². The summed E-state index contributed by atoms with van der Waals surface area (Å²) in [5.41, 5.74) is 1.49. The molecule has 1 atom stereocenters. The van der Waals surface area contributed by atoms with Crippen molar-refractivity contribution in [3.05, 3.63) is 58.8 Å². The molecule has 2 heterocycles. The normalized spacial score (nSPS) is 15.0. The number of anilines is 2. The van der Waals surface area contributed by atoms with Gasteiger partial charge in [-0.05, 0) is 52.7 Å². The van der Waals surface area contributed by atoms with E-state index in [0.29, 0.717) is 34.2 Å². The van der Waals surface area contributed by atoms with Crippen LogP contribution in [-0.2, 0) is 9.59 Å². The van der Waals surface area contributed by atoms with Crippen LogP contribution in [0.15, 0.2) is 53.3 Å². The van der Waals surface area contributed by atoms with Gasteiger partial charge in [-0.3, -0.25) is 14.9 Å². The van der Waals surface area contributed by atoms with Gasteiger partial charge in [-0.25, -0.2) is 4.68 Å². The molecule has 4 rings (SSSR count). The summed E-state index contributed by atoms with van der Waals surface area (Å²) >= 11 is 3.51. The first kappa shape index (κ1) is 20.9. The Labute approximate surface area is 186 Å². The Balaban J connectivity index is 1.56. The molecule has 2 N–H and O–H groups in total. The Hall–Kier alpha value is -3.40. The predicted octanol–water partition coefficient (Wildman–Crippen LogP) is 3.39. The molecular formula is C21H20BrN5O4. The molecule has 0 spiro atoms. The van der Waals surface area contributed by atoms with Gasteiger partial charge in [-0.15, -0.1) is 0 Å². The number of amides is 2. The zero-order valence-corrected chi connectivity index (χ0v) is 18.3. The van der Waals surface area contributed by atoms with Gasteiger partial charge in [0.25, 0.3) is 5.91 Å². The van der Waals surface area contributed by atoms with Crippen molar-refractivity contribution < 1.29 is 19.1 Å². The van der Waals surface area contributed by atoms with Crippen molar-refractivity contribution in [3.63, 3.8) is 0 Å². The molecule has 0 saturated carbocycles. The fourth-order valence-corrected chi connectivity index (χ4v) is 3.88. The highest BCUT2D eigenvalue weighted by Gasteiger charge is 2.29. The summed E-state index contributed by atoms with van der Waals surface area (Å²) in [7, 11) is 0. The molecule has 0 unspecified atom stereocenters. The Morgan fingerprint density at radius 2 is 2.10 bits per heavy atom. The third-order valence-corrected chi connectivity index (χ3v) is 5.21. The fourth-order valence-electron chi connectivity index (χ4n) is 3.30. The third-order valence-electron chi connectivity index (χ3n) is 4.62. The molecular weight excluding hydrogens is 466 g/mol. The SMILES string of the molecule is CCOc1cc([C@H]2CC(=O)Nc3ncnn32)cc(Br)c1OCC(=O)Nc1ccccc1. The number of para-hydroxylation sites is 1. The largest absolute Gasteiger partial charge is 0.490 e. The summed E-state index contributed by atoms with van der Waals surface area (Å²) in [5.74, 6) is 0.839. The summed E-state index contributed by atoms with van der Waals surface area (Å²) < 4.78 is 13.8. The molecule has 1 aliphatic heterocycles. The average molecular weight is 486 g/mol. The van der Waals surface area contributed by atoms with Gasteiger partial charge in [0, 0.05) is 5.69 Å². The van der Waals surface area contributed by atoms with E-state index in [1.54, 1.807) is 22.9 Å². The highest BCUT2D eigenvalue weighted by atomic mass is 79.9. The van der Waals surface area contributed by atoms with Crippen LogP contribution in [0.4, 0.5) is 11.6 Å². The quantitative estimate of drug-likeness (QED) is 0.530. The number of carbonyl (C=O) groups is 2. The Morgan fingerprint density at radius 1 is 1.29 bits per heavy atom. The molecule has 0 saturated heterocycles.